The zero-order chi connectivity index (χ0) is 36.3. The lowest BCUT2D eigenvalue weighted by molar-refractivity contribution is 0.669. The van der Waals surface area contributed by atoms with Crippen molar-refractivity contribution in [1.29, 1.82) is 0 Å². The molecule has 0 N–H and O–H groups in total. The van der Waals surface area contributed by atoms with Crippen molar-refractivity contribution in [2.75, 3.05) is 4.90 Å². The van der Waals surface area contributed by atoms with Gasteiger partial charge in [0.05, 0.1) is 11.4 Å². The van der Waals surface area contributed by atoms with Crippen LogP contribution in [-0.4, -0.2) is 0 Å². The highest BCUT2D eigenvalue weighted by molar-refractivity contribution is 7.26. The molecule has 0 amide bonds. The van der Waals surface area contributed by atoms with Gasteiger partial charge in [0.25, 0.3) is 0 Å². The summed E-state index contributed by atoms with van der Waals surface area (Å²) in [5, 5.41) is 7.30. The van der Waals surface area contributed by atoms with Crippen molar-refractivity contribution in [3.8, 4) is 33.4 Å². The second-order valence-electron chi connectivity index (χ2n) is 14.0. The van der Waals surface area contributed by atoms with E-state index in [0.29, 0.717) is 0 Å². The van der Waals surface area contributed by atoms with Crippen LogP contribution in [0.1, 0.15) is 0 Å². The van der Waals surface area contributed by atoms with Gasteiger partial charge in [-0.2, -0.15) is 0 Å². The molecule has 0 spiro atoms. The number of thiophene rings is 1. The van der Waals surface area contributed by atoms with Crippen LogP contribution in [-0.2, 0) is 0 Å². The highest BCUT2D eigenvalue weighted by Crippen LogP contribution is 2.48. The van der Waals surface area contributed by atoms with E-state index in [0.717, 1.165) is 55.7 Å². The summed E-state index contributed by atoms with van der Waals surface area (Å²) in [6, 6.07) is 72.3. The van der Waals surface area contributed by atoms with Crippen LogP contribution in [0.4, 0.5) is 17.1 Å². The number of benzene rings is 9. The predicted molar refractivity (Wildman–Crippen MR) is 235 cm³/mol. The summed E-state index contributed by atoms with van der Waals surface area (Å²) in [6.07, 6.45) is 0. The zero-order valence-corrected chi connectivity index (χ0v) is 30.6. The molecular weight excluding hydrogens is 687 g/mol. The fourth-order valence-corrected chi connectivity index (χ4v) is 9.60. The van der Waals surface area contributed by atoms with Crippen LogP contribution < -0.4 is 4.90 Å². The van der Waals surface area contributed by atoms with Gasteiger partial charge in [0, 0.05) is 47.8 Å². The van der Waals surface area contributed by atoms with Gasteiger partial charge in [-0.25, -0.2) is 0 Å². The average molecular weight is 720 g/mol. The Morgan fingerprint density at radius 3 is 1.91 bits per heavy atom. The quantitative estimate of drug-likeness (QED) is 0.170. The summed E-state index contributed by atoms with van der Waals surface area (Å²) in [5.74, 6) is 0. The minimum atomic E-state index is 0.884. The van der Waals surface area contributed by atoms with E-state index in [-0.39, 0.29) is 0 Å². The molecule has 0 aliphatic rings. The molecule has 0 atom stereocenters. The fraction of sp³-hybridized carbons (Fsp3) is 0. The summed E-state index contributed by atoms with van der Waals surface area (Å²) < 4.78 is 9.02. The molecule has 2 aromatic heterocycles. The van der Waals surface area contributed by atoms with E-state index in [1.165, 1.54) is 47.6 Å². The summed E-state index contributed by atoms with van der Waals surface area (Å²) >= 11 is 1.87. The molecule has 2 nitrogen and oxygen atoms in total. The molecule has 11 aromatic rings. The van der Waals surface area contributed by atoms with Crippen molar-refractivity contribution in [2.24, 2.45) is 0 Å². The minimum absolute atomic E-state index is 0.884. The van der Waals surface area contributed by atoms with E-state index in [1.54, 1.807) is 0 Å². The van der Waals surface area contributed by atoms with Crippen molar-refractivity contribution < 1.29 is 4.42 Å². The third-order valence-electron chi connectivity index (χ3n) is 10.9. The van der Waals surface area contributed by atoms with E-state index in [9.17, 15) is 0 Å². The molecule has 0 bridgehead atoms. The standard InChI is InChI=1S/C52H33NOS/c1-2-15-35-32-37(31-30-34(35)14-1)39-18-3-7-25-46(39)53(38-17-11-16-36(33-38)40-22-12-24-44-42-20-6-10-29-50(42)55-52(40)44)47-26-8-4-19-41(47)43-23-13-28-49-51(43)45-21-5-9-27-48(45)54-49/h1-33H. The van der Waals surface area contributed by atoms with E-state index in [4.69, 9.17) is 4.42 Å². The van der Waals surface area contributed by atoms with Gasteiger partial charge < -0.3 is 9.32 Å². The SMILES string of the molecule is c1cc(-c2cccc3c2sc2ccccc23)cc(N(c2ccccc2-c2ccc3ccccc3c2)c2ccccc2-c2cccc3oc4ccccc4c23)c1. The first kappa shape index (κ1) is 31.6. The molecule has 2 heterocycles. The Kier molecular flexibility index (Phi) is 7.39. The molecule has 3 heteroatoms. The molecule has 0 fully saturated rings. The smallest absolute Gasteiger partial charge is 0.136 e. The molecule has 0 aliphatic heterocycles. The second kappa shape index (κ2) is 12.9. The van der Waals surface area contributed by atoms with Gasteiger partial charge in [-0.15, -0.1) is 11.3 Å². The lowest BCUT2D eigenvalue weighted by atomic mass is 9.95. The van der Waals surface area contributed by atoms with Crippen molar-refractivity contribution in [3.05, 3.63) is 200 Å². The molecule has 55 heavy (non-hydrogen) atoms. The maximum Gasteiger partial charge on any atom is 0.136 e. The minimum Gasteiger partial charge on any atom is -0.456 e. The molecule has 0 aliphatic carbocycles. The molecule has 11 rings (SSSR count). The largest absolute Gasteiger partial charge is 0.456 e. The second-order valence-corrected chi connectivity index (χ2v) is 15.1. The van der Waals surface area contributed by atoms with Crippen LogP contribution in [0.2, 0.25) is 0 Å². The van der Waals surface area contributed by atoms with Crippen LogP contribution in [0.5, 0.6) is 0 Å². The monoisotopic (exact) mass is 719 g/mol. The Balaban J connectivity index is 1.17. The van der Waals surface area contributed by atoms with Crippen LogP contribution in [0.3, 0.4) is 0 Å². The van der Waals surface area contributed by atoms with Gasteiger partial charge in [0.1, 0.15) is 11.2 Å². The zero-order valence-electron chi connectivity index (χ0n) is 29.8. The Morgan fingerprint density at radius 1 is 0.382 bits per heavy atom. The first-order valence-corrected chi connectivity index (χ1v) is 19.5. The molecule has 0 saturated heterocycles. The average Bonchev–Trinajstić information content (AvgIpc) is 3.83. The Labute approximate surface area is 322 Å². The first-order chi connectivity index (χ1) is 27.3. The molecule has 9 aromatic carbocycles. The first-order valence-electron chi connectivity index (χ1n) is 18.7. The summed E-state index contributed by atoms with van der Waals surface area (Å²) in [6.45, 7) is 0. The lowest BCUT2D eigenvalue weighted by Crippen LogP contribution is -2.12. The molecule has 0 radical (unpaired) electrons. The molecule has 0 unspecified atom stereocenters. The molecule has 258 valence electrons. The van der Waals surface area contributed by atoms with E-state index >= 15 is 0 Å². The molecular formula is C52H33NOS. The van der Waals surface area contributed by atoms with Crippen LogP contribution in [0.25, 0.3) is 86.3 Å². The topological polar surface area (TPSA) is 16.4 Å². The van der Waals surface area contributed by atoms with Crippen molar-refractivity contribution in [1.82, 2.24) is 0 Å². The van der Waals surface area contributed by atoms with Crippen molar-refractivity contribution >= 4 is 81.3 Å². The molecule has 0 saturated carbocycles. The summed E-state index contributed by atoms with van der Waals surface area (Å²) in [5.41, 5.74) is 12.1. The summed E-state index contributed by atoms with van der Waals surface area (Å²) in [7, 11) is 0. The Bertz CT molecular complexity index is 3240. The van der Waals surface area contributed by atoms with Crippen LogP contribution in [0.15, 0.2) is 205 Å². The maximum absolute atomic E-state index is 6.41. The number of nitrogens with zero attached hydrogens (tertiary/aromatic N) is 1. The Hall–Kier alpha value is -6.94. The number of hydrogen-bond acceptors (Lipinski definition) is 3. The van der Waals surface area contributed by atoms with Gasteiger partial charge in [-0.05, 0) is 81.6 Å². The highest BCUT2D eigenvalue weighted by atomic mass is 32.1. The van der Waals surface area contributed by atoms with Gasteiger partial charge >= 0.3 is 0 Å². The van der Waals surface area contributed by atoms with Gasteiger partial charge in [0.15, 0.2) is 0 Å². The van der Waals surface area contributed by atoms with E-state index in [1.807, 2.05) is 17.4 Å². The number of hydrogen-bond donors (Lipinski definition) is 0. The third-order valence-corrected chi connectivity index (χ3v) is 12.1. The number of furan rings is 1. The summed E-state index contributed by atoms with van der Waals surface area (Å²) in [4.78, 5) is 2.45. The van der Waals surface area contributed by atoms with Gasteiger partial charge in [-0.3, -0.25) is 0 Å². The van der Waals surface area contributed by atoms with Crippen LogP contribution >= 0.6 is 11.3 Å². The van der Waals surface area contributed by atoms with Crippen molar-refractivity contribution in [3.63, 3.8) is 0 Å². The highest BCUT2D eigenvalue weighted by Gasteiger charge is 2.23. The van der Waals surface area contributed by atoms with E-state index < -0.39 is 0 Å². The number of rotatable bonds is 6. The number of para-hydroxylation sites is 3. The lowest BCUT2D eigenvalue weighted by Gasteiger charge is -2.30. The van der Waals surface area contributed by atoms with Crippen molar-refractivity contribution in [2.45, 2.75) is 0 Å². The van der Waals surface area contributed by atoms with E-state index in [2.05, 4.69) is 199 Å². The number of anilines is 3. The third kappa shape index (κ3) is 5.24. The normalized spacial score (nSPS) is 11.6. The fourth-order valence-electron chi connectivity index (χ4n) is 8.36. The Morgan fingerprint density at radius 2 is 1.00 bits per heavy atom. The van der Waals surface area contributed by atoms with Gasteiger partial charge in [-0.1, -0.05) is 152 Å². The maximum atomic E-state index is 6.41. The van der Waals surface area contributed by atoms with Gasteiger partial charge in [0.2, 0.25) is 0 Å². The predicted octanol–water partition coefficient (Wildman–Crippen LogP) is 15.6. The van der Waals surface area contributed by atoms with Crippen LogP contribution in [0, 0.1) is 0 Å². The number of fused-ring (bicyclic) bond motifs is 7.